The number of halogens is 2. The Balaban J connectivity index is 2.15. The first-order chi connectivity index (χ1) is 8.99. The maximum absolute atomic E-state index is 3.62. The Morgan fingerprint density at radius 2 is 2.21 bits per heavy atom. The zero-order valence-corrected chi connectivity index (χ0v) is 15.7. The normalized spacial score (nSPS) is 25.2. The molecular formula is C14H22Br2N2S. The number of hydrogen-bond acceptors (Lipinski definition) is 3. The molecule has 0 aromatic carbocycles. The number of thiophene rings is 1. The Labute approximate surface area is 137 Å². The van der Waals surface area contributed by atoms with Crippen molar-refractivity contribution in [1.82, 2.24) is 10.2 Å². The third-order valence-corrected chi connectivity index (χ3v) is 7.08. The van der Waals surface area contributed by atoms with Crippen molar-refractivity contribution < 1.29 is 0 Å². The van der Waals surface area contributed by atoms with Crippen LogP contribution in [0.25, 0.3) is 0 Å². The van der Waals surface area contributed by atoms with Gasteiger partial charge < -0.3 is 5.32 Å². The summed E-state index contributed by atoms with van der Waals surface area (Å²) in [7, 11) is 2.26. The fourth-order valence-electron chi connectivity index (χ4n) is 2.82. The van der Waals surface area contributed by atoms with Crippen LogP contribution in [0.4, 0.5) is 0 Å². The Kier molecular flexibility index (Phi) is 5.90. The van der Waals surface area contributed by atoms with E-state index in [1.807, 2.05) is 11.3 Å². The lowest BCUT2D eigenvalue weighted by Crippen LogP contribution is -2.41. The topological polar surface area (TPSA) is 15.3 Å². The standard InChI is InChI=1S/C14H22Br2N2S/c1-9(2)17-8-10-5-4-6-18(3)13(10)12-7-11(15)14(16)19-12/h7,9-10,13,17H,4-6,8H2,1-3H3. The van der Waals surface area contributed by atoms with E-state index in [9.17, 15) is 0 Å². The van der Waals surface area contributed by atoms with E-state index in [-0.39, 0.29) is 0 Å². The van der Waals surface area contributed by atoms with Crippen molar-refractivity contribution in [3.63, 3.8) is 0 Å². The molecule has 1 aromatic heterocycles. The van der Waals surface area contributed by atoms with Crippen LogP contribution in [0.5, 0.6) is 0 Å². The molecule has 0 amide bonds. The molecule has 2 nitrogen and oxygen atoms in total. The van der Waals surface area contributed by atoms with Gasteiger partial charge >= 0.3 is 0 Å². The molecule has 1 aromatic rings. The van der Waals surface area contributed by atoms with E-state index in [0.717, 1.165) is 6.54 Å². The average Bonchev–Trinajstić information content (AvgIpc) is 2.66. The predicted octanol–water partition coefficient (Wildman–Crippen LogP) is 4.65. The molecule has 2 unspecified atom stereocenters. The van der Waals surface area contributed by atoms with Gasteiger partial charge in [0.25, 0.3) is 0 Å². The molecule has 0 aliphatic carbocycles. The van der Waals surface area contributed by atoms with Gasteiger partial charge in [0.2, 0.25) is 0 Å². The SMILES string of the molecule is CC(C)NCC1CCCN(C)C1c1cc(Br)c(Br)s1. The van der Waals surface area contributed by atoms with E-state index in [4.69, 9.17) is 0 Å². The van der Waals surface area contributed by atoms with Gasteiger partial charge in [-0.2, -0.15) is 0 Å². The first-order valence-corrected chi connectivity index (χ1v) is 9.27. The fourth-order valence-corrected chi connectivity index (χ4v) is 5.17. The summed E-state index contributed by atoms with van der Waals surface area (Å²) in [4.78, 5) is 3.98. The first-order valence-electron chi connectivity index (χ1n) is 6.87. The molecule has 19 heavy (non-hydrogen) atoms. The van der Waals surface area contributed by atoms with Crippen LogP contribution in [0.1, 0.15) is 37.6 Å². The second kappa shape index (κ2) is 7.03. The average molecular weight is 410 g/mol. The van der Waals surface area contributed by atoms with Gasteiger partial charge in [-0.15, -0.1) is 11.3 Å². The van der Waals surface area contributed by atoms with Gasteiger partial charge in [0.05, 0.1) is 3.79 Å². The molecule has 1 aliphatic heterocycles. The fraction of sp³-hybridized carbons (Fsp3) is 0.714. The van der Waals surface area contributed by atoms with Crippen LogP contribution in [0, 0.1) is 5.92 Å². The summed E-state index contributed by atoms with van der Waals surface area (Å²) in [6.07, 6.45) is 2.63. The minimum atomic E-state index is 0.549. The number of hydrogen-bond donors (Lipinski definition) is 1. The van der Waals surface area contributed by atoms with Crippen molar-refractivity contribution >= 4 is 43.2 Å². The Bertz CT molecular complexity index is 400. The van der Waals surface area contributed by atoms with Crippen LogP contribution in [0.15, 0.2) is 14.3 Å². The quantitative estimate of drug-likeness (QED) is 0.778. The molecule has 2 heterocycles. The van der Waals surface area contributed by atoms with Gasteiger partial charge in [0.15, 0.2) is 0 Å². The number of nitrogens with one attached hydrogen (secondary N) is 1. The largest absolute Gasteiger partial charge is 0.314 e. The van der Waals surface area contributed by atoms with Crippen molar-refractivity contribution in [2.75, 3.05) is 20.1 Å². The van der Waals surface area contributed by atoms with E-state index in [2.05, 4.69) is 69.0 Å². The molecule has 0 radical (unpaired) electrons. The van der Waals surface area contributed by atoms with E-state index in [1.165, 1.54) is 32.5 Å². The van der Waals surface area contributed by atoms with Gasteiger partial charge in [-0.1, -0.05) is 13.8 Å². The Morgan fingerprint density at radius 3 is 2.79 bits per heavy atom. The third-order valence-electron chi connectivity index (χ3n) is 3.75. The second-order valence-corrected chi connectivity index (χ2v) is 8.92. The van der Waals surface area contributed by atoms with E-state index >= 15 is 0 Å². The first kappa shape index (κ1) is 16.0. The summed E-state index contributed by atoms with van der Waals surface area (Å²) in [6.45, 7) is 6.76. The molecule has 2 atom stereocenters. The number of nitrogens with zero attached hydrogens (tertiary/aromatic N) is 1. The maximum Gasteiger partial charge on any atom is 0.0843 e. The van der Waals surface area contributed by atoms with Crippen LogP contribution in [0.2, 0.25) is 0 Å². The lowest BCUT2D eigenvalue weighted by Gasteiger charge is -2.39. The smallest absolute Gasteiger partial charge is 0.0843 e. The van der Waals surface area contributed by atoms with E-state index < -0.39 is 0 Å². The lowest BCUT2D eigenvalue weighted by atomic mass is 9.88. The van der Waals surface area contributed by atoms with Crippen molar-refractivity contribution in [3.8, 4) is 0 Å². The van der Waals surface area contributed by atoms with Crippen molar-refractivity contribution in [1.29, 1.82) is 0 Å². The summed E-state index contributed by atoms with van der Waals surface area (Å²) in [5.41, 5.74) is 0. The minimum Gasteiger partial charge on any atom is -0.314 e. The molecule has 0 bridgehead atoms. The molecular weight excluding hydrogens is 388 g/mol. The predicted molar refractivity (Wildman–Crippen MR) is 91.0 cm³/mol. The Hall–Kier alpha value is 0.580. The highest BCUT2D eigenvalue weighted by Crippen LogP contribution is 2.42. The molecule has 1 fully saturated rings. The highest BCUT2D eigenvalue weighted by atomic mass is 79.9. The minimum absolute atomic E-state index is 0.549. The summed E-state index contributed by atoms with van der Waals surface area (Å²) in [6, 6.07) is 3.39. The Morgan fingerprint density at radius 1 is 1.47 bits per heavy atom. The molecule has 5 heteroatoms. The van der Waals surface area contributed by atoms with Gasteiger partial charge in [0, 0.05) is 28.0 Å². The summed E-state index contributed by atoms with van der Waals surface area (Å²) >= 11 is 9.10. The van der Waals surface area contributed by atoms with Crippen LogP contribution in [-0.4, -0.2) is 31.1 Å². The van der Waals surface area contributed by atoms with Gasteiger partial charge in [0.1, 0.15) is 0 Å². The molecule has 0 spiro atoms. The maximum atomic E-state index is 3.62. The highest BCUT2D eigenvalue weighted by Gasteiger charge is 2.31. The number of rotatable bonds is 4. The summed E-state index contributed by atoms with van der Waals surface area (Å²) in [5, 5.41) is 3.61. The van der Waals surface area contributed by atoms with Crippen molar-refractivity contribution in [2.45, 2.75) is 38.8 Å². The summed E-state index contributed by atoms with van der Waals surface area (Å²) < 4.78 is 2.39. The van der Waals surface area contributed by atoms with Gasteiger partial charge in [-0.3, -0.25) is 4.90 Å². The molecule has 1 saturated heterocycles. The van der Waals surface area contributed by atoms with Crippen LogP contribution >= 0.6 is 43.2 Å². The molecule has 2 rings (SSSR count). The second-order valence-electron chi connectivity index (χ2n) is 5.66. The van der Waals surface area contributed by atoms with Crippen LogP contribution < -0.4 is 5.32 Å². The zero-order valence-electron chi connectivity index (χ0n) is 11.7. The van der Waals surface area contributed by atoms with Gasteiger partial charge in [-0.25, -0.2) is 0 Å². The monoisotopic (exact) mass is 408 g/mol. The van der Waals surface area contributed by atoms with Crippen LogP contribution in [-0.2, 0) is 0 Å². The molecule has 1 N–H and O–H groups in total. The van der Waals surface area contributed by atoms with E-state index in [1.54, 1.807) is 0 Å². The van der Waals surface area contributed by atoms with Gasteiger partial charge in [-0.05, 0) is 70.3 Å². The third kappa shape index (κ3) is 4.03. The number of likely N-dealkylation sites (tertiary alicyclic amines) is 1. The molecule has 0 saturated carbocycles. The molecule has 108 valence electrons. The number of piperidine rings is 1. The highest BCUT2D eigenvalue weighted by molar-refractivity contribution is 9.13. The summed E-state index contributed by atoms with van der Waals surface area (Å²) in [5.74, 6) is 0.707. The van der Waals surface area contributed by atoms with E-state index in [0.29, 0.717) is 18.0 Å². The lowest BCUT2D eigenvalue weighted by molar-refractivity contribution is 0.121. The van der Waals surface area contributed by atoms with Crippen molar-refractivity contribution in [2.24, 2.45) is 5.92 Å². The van der Waals surface area contributed by atoms with Crippen molar-refractivity contribution in [3.05, 3.63) is 19.2 Å². The zero-order chi connectivity index (χ0) is 14.0. The molecule has 1 aliphatic rings. The van der Waals surface area contributed by atoms with Crippen LogP contribution in [0.3, 0.4) is 0 Å².